The summed E-state index contributed by atoms with van der Waals surface area (Å²) in [5, 5.41) is 9.03. The first-order valence-corrected chi connectivity index (χ1v) is 3.97. The molecule has 0 aliphatic carbocycles. The first-order valence-electron chi connectivity index (χ1n) is 3.56. The van der Waals surface area contributed by atoms with E-state index < -0.39 is 12.2 Å². The highest BCUT2D eigenvalue weighted by Gasteiger charge is 2.46. The molecule has 78 valence electrons. The van der Waals surface area contributed by atoms with Gasteiger partial charge in [-0.1, -0.05) is 18.3 Å². The molecule has 0 spiro atoms. The molecule has 7 heteroatoms. The molecule has 1 aliphatic rings. The molecule has 0 radical (unpaired) electrons. The molecule has 1 unspecified atom stereocenters. The predicted octanol–water partition coefficient (Wildman–Crippen LogP) is 1.35. The standard InChI is InChI=1S/C7H7F3N2OS/c8-7(9,10)5-4(6(11)14)2-1-3-12(5)13/h1-3,5,13H,(H2,11,14). The SMILES string of the molecule is NC(=S)C1=CC=CN(O)C1C(F)(F)F. The van der Waals surface area contributed by atoms with Crippen molar-refractivity contribution in [2.45, 2.75) is 12.2 Å². The summed E-state index contributed by atoms with van der Waals surface area (Å²) in [4.78, 5) is -0.379. The molecule has 3 nitrogen and oxygen atoms in total. The lowest BCUT2D eigenvalue weighted by Crippen LogP contribution is -2.46. The lowest BCUT2D eigenvalue weighted by atomic mass is 10.0. The molecule has 1 aliphatic heterocycles. The van der Waals surface area contributed by atoms with E-state index in [9.17, 15) is 13.2 Å². The molecule has 0 saturated carbocycles. The Morgan fingerprint density at radius 1 is 1.57 bits per heavy atom. The number of rotatable bonds is 1. The number of nitrogens with zero attached hydrogens (tertiary/aromatic N) is 1. The average Bonchev–Trinajstić information content (AvgIpc) is 2.01. The van der Waals surface area contributed by atoms with E-state index in [-0.39, 0.29) is 15.6 Å². The largest absolute Gasteiger partial charge is 0.415 e. The lowest BCUT2D eigenvalue weighted by Gasteiger charge is -2.30. The fourth-order valence-corrected chi connectivity index (χ4v) is 1.28. The number of hydrogen-bond donors (Lipinski definition) is 2. The number of nitrogens with two attached hydrogens (primary N) is 1. The molecule has 0 aromatic carbocycles. The van der Waals surface area contributed by atoms with Crippen LogP contribution in [0.5, 0.6) is 0 Å². The van der Waals surface area contributed by atoms with Crippen molar-refractivity contribution in [3.63, 3.8) is 0 Å². The maximum atomic E-state index is 12.4. The highest BCUT2D eigenvalue weighted by atomic mass is 32.1. The molecule has 3 N–H and O–H groups in total. The fourth-order valence-electron chi connectivity index (χ4n) is 1.10. The minimum Gasteiger partial charge on any atom is -0.390 e. The van der Waals surface area contributed by atoms with Crippen LogP contribution in [0.4, 0.5) is 13.2 Å². The summed E-state index contributed by atoms with van der Waals surface area (Å²) in [6.07, 6.45) is -1.36. The van der Waals surface area contributed by atoms with Crippen LogP contribution in [-0.4, -0.2) is 27.5 Å². The van der Waals surface area contributed by atoms with Gasteiger partial charge >= 0.3 is 6.18 Å². The number of thiocarbonyl (C=S) groups is 1. The zero-order valence-corrected chi connectivity index (χ0v) is 7.64. The van der Waals surface area contributed by atoms with Gasteiger partial charge in [-0.05, 0) is 6.08 Å². The summed E-state index contributed by atoms with van der Waals surface area (Å²) in [6, 6.07) is -2.18. The number of alkyl halides is 3. The van der Waals surface area contributed by atoms with Gasteiger partial charge in [-0.3, -0.25) is 5.21 Å². The van der Waals surface area contributed by atoms with Crippen LogP contribution in [0, 0.1) is 0 Å². The molecule has 1 heterocycles. The Hall–Kier alpha value is -1.08. The van der Waals surface area contributed by atoms with Crippen LogP contribution in [0.15, 0.2) is 23.9 Å². The molecule has 0 aromatic heterocycles. The molecule has 0 amide bonds. The summed E-state index contributed by atoms with van der Waals surface area (Å²) in [5.74, 6) is 0. The van der Waals surface area contributed by atoms with Crippen LogP contribution in [0.1, 0.15) is 0 Å². The van der Waals surface area contributed by atoms with Crippen molar-refractivity contribution in [3.8, 4) is 0 Å². The topological polar surface area (TPSA) is 49.5 Å². The molecular formula is C7H7F3N2OS. The molecule has 0 saturated heterocycles. The van der Waals surface area contributed by atoms with E-state index >= 15 is 0 Å². The average molecular weight is 224 g/mol. The Balaban J connectivity index is 3.07. The van der Waals surface area contributed by atoms with Gasteiger partial charge in [0.15, 0.2) is 6.04 Å². The van der Waals surface area contributed by atoms with Crippen molar-refractivity contribution < 1.29 is 18.4 Å². The van der Waals surface area contributed by atoms with Crippen LogP contribution in [0.25, 0.3) is 0 Å². The second-order valence-electron chi connectivity index (χ2n) is 2.65. The van der Waals surface area contributed by atoms with E-state index in [4.69, 9.17) is 10.9 Å². The maximum Gasteiger partial charge on any atom is 0.415 e. The Morgan fingerprint density at radius 2 is 2.14 bits per heavy atom. The van der Waals surface area contributed by atoms with Crippen molar-refractivity contribution in [2.24, 2.45) is 5.73 Å². The van der Waals surface area contributed by atoms with Gasteiger partial charge in [-0.2, -0.15) is 13.2 Å². The van der Waals surface area contributed by atoms with Gasteiger partial charge in [0.2, 0.25) is 0 Å². The smallest absolute Gasteiger partial charge is 0.390 e. The van der Waals surface area contributed by atoms with Crippen molar-refractivity contribution >= 4 is 17.2 Å². The normalized spacial score (nSPS) is 22.1. The van der Waals surface area contributed by atoms with Gasteiger partial charge in [-0.15, -0.1) is 0 Å². The number of hydrogen-bond acceptors (Lipinski definition) is 3. The second kappa shape index (κ2) is 3.58. The number of hydroxylamine groups is 2. The predicted molar refractivity (Wildman–Crippen MR) is 47.5 cm³/mol. The number of allylic oxidation sites excluding steroid dienone is 2. The van der Waals surface area contributed by atoms with Crippen LogP contribution in [-0.2, 0) is 0 Å². The molecular weight excluding hydrogens is 217 g/mol. The third-order valence-corrected chi connectivity index (χ3v) is 1.90. The fraction of sp³-hybridized carbons (Fsp3) is 0.286. The highest BCUT2D eigenvalue weighted by molar-refractivity contribution is 7.80. The van der Waals surface area contributed by atoms with Crippen molar-refractivity contribution in [3.05, 3.63) is 23.9 Å². The van der Waals surface area contributed by atoms with E-state index in [2.05, 4.69) is 12.2 Å². The van der Waals surface area contributed by atoms with Gasteiger partial charge < -0.3 is 5.73 Å². The van der Waals surface area contributed by atoms with E-state index in [0.717, 1.165) is 12.3 Å². The van der Waals surface area contributed by atoms with Crippen LogP contribution < -0.4 is 5.73 Å². The van der Waals surface area contributed by atoms with E-state index in [1.807, 2.05) is 0 Å². The van der Waals surface area contributed by atoms with Gasteiger partial charge in [-0.25, -0.2) is 5.06 Å². The Morgan fingerprint density at radius 3 is 2.50 bits per heavy atom. The highest BCUT2D eigenvalue weighted by Crippen LogP contribution is 2.31. The van der Waals surface area contributed by atoms with Gasteiger partial charge in [0.05, 0.1) is 0 Å². The summed E-state index contributed by atoms with van der Waals surface area (Å²) >= 11 is 4.45. The van der Waals surface area contributed by atoms with Gasteiger partial charge in [0, 0.05) is 11.8 Å². The van der Waals surface area contributed by atoms with Crippen molar-refractivity contribution in [2.75, 3.05) is 0 Å². The Kier molecular flexibility index (Phi) is 2.81. The first kappa shape index (κ1) is 11.0. The Bertz CT molecular complexity index is 311. The monoisotopic (exact) mass is 224 g/mol. The van der Waals surface area contributed by atoms with Crippen LogP contribution in [0.3, 0.4) is 0 Å². The lowest BCUT2D eigenvalue weighted by molar-refractivity contribution is -0.220. The molecule has 0 bridgehead atoms. The molecule has 14 heavy (non-hydrogen) atoms. The summed E-state index contributed by atoms with van der Waals surface area (Å²) < 4.78 is 37.2. The third kappa shape index (κ3) is 2.05. The first-order chi connectivity index (χ1) is 6.34. The number of halogens is 3. The molecule has 1 atom stereocenters. The molecule has 0 aromatic rings. The summed E-state index contributed by atoms with van der Waals surface area (Å²) in [7, 11) is 0. The summed E-state index contributed by atoms with van der Waals surface area (Å²) in [5.41, 5.74) is 4.79. The van der Waals surface area contributed by atoms with E-state index in [0.29, 0.717) is 0 Å². The second-order valence-corrected chi connectivity index (χ2v) is 3.09. The van der Waals surface area contributed by atoms with Crippen LogP contribution >= 0.6 is 12.2 Å². The maximum absolute atomic E-state index is 12.4. The van der Waals surface area contributed by atoms with E-state index in [1.54, 1.807) is 0 Å². The minimum absolute atomic E-state index is 0.0362. The van der Waals surface area contributed by atoms with Crippen molar-refractivity contribution in [1.82, 2.24) is 5.06 Å². The van der Waals surface area contributed by atoms with Crippen LogP contribution in [0.2, 0.25) is 0 Å². The molecule has 1 rings (SSSR count). The third-order valence-electron chi connectivity index (χ3n) is 1.67. The van der Waals surface area contributed by atoms with Gasteiger partial charge in [0.1, 0.15) is 4.99 Å². The molecule has 0 fully saturated rings. The summed E-state index contributed by atoms with van der Waals surface area (Å²) in [6.45, 7) is 0. The zero-order chi connectivity index (χ0) is 10.9. The Labute approximate surface area is 83.2 Å². The minimum atomic E-state index is -4.62. The van der Waals surface area contributed by atoms with E-state index in [1.165, 1.54) is 6.08 Å². The quantitative estimate of drug-likeness (QED) is 0.660. The van der Waals surface area contributed by atoms with Crippen molar-refractivity contribution in [1.29, 1.82) is 0 Å². The zero-order valence-electron chi connectivity index (χ0n) is 6.82. The van der Waals surface area contributed by atoms with Gasteiger partial charge in [0.25, 0.3) is 0 Å².